The van der Waals surface area contributed by atoms with Crippen molar-refractivity contribution in [2.75, 3.05) is 13.2 Å². The summed E-state index contributed by atoms with van der Waals surface area (Å²) in [7, 11) is 0. The molecule has 0 aromatic heterocycles. The summed E-state index contributed by atoms with van der Waals surface area (Å²) in [6.45, 7) is 7.31. The summed E-state index contributed by atoms with van der Waals surface area (Å²) < 4.78 is 5.30. The van der Waals surface area contributed by atoms with Crippen molar-refractivity contribution in [3.05, 3.63) is 36.5 Å². The van der Waals surface area contributed by atoms with Crippen molar-refractivity contribution in [3.8, 4) is 0 Å². The maximum absolute atomic E-state index is 5.30. The second kappa shape index (κ2) is 4.94. The standard InChI is InChI=1S/C11H16O/c1-3-10-5-7-11(8-6-10)9-12-4-2/h3,5,7-8,10H,1,4,6,9H2,2H3/t10-/m1/s1. The molecule has 0 bridgehead atoms. The number of allylic oxidation sites excluding steroid dienone is 3. The molecular weight excluding hydrogens is 148 g/mol. The van der Waals surface area contributed by atoms with Gasteiger partial charge >= 0.3 is 0 Å². The fourth-order valence-corrected chi connectivity index (χ4v) is 1.18. The lowest BCUT2D eigenvalue weighted by Crippen LogP contribution is -2.01. The maximum atomic E-state index is 5.30. The first kappa shape index (κ1) is 9.27. The Hall–Kier alpha value is -0.820. The topological polar surface area (TPSA) is 9.23 Å². The van der Waals surface area contributed by atoms with Crippen LogP contribution in [0.1, 0.15) is 13.3 Å². The van der Waals surface area contributed by atoms with Gasteiger partial charge in [-0.05, 0) is 24.8 Å². The smallest absolute Gasteiger partial charge is 0.0713 e. The van der Waals surface area contributed by atoms with Crippen molar-refractivity contribution in [2.45, 2.75) is 13.3 Å². The predicted octanol–water partition coefficient (Wildman–Crippen LogP) is 2.71. The van der Waals surface area contributed by atoms with Gasteiger partial charge in [-0.3, -0.25) is 0 Å². The van der Waals surface area contributed by atoms with Gasteiger partial charge in [0.15, 0.2) is 0 Å². The van der Waals surface area contributed by atoms with E-state index in [1.54, 1.807) is 0 Å². The van der Waals surface area contributed by atoms with E-state index in [1.807, 2.05) is 13.0 Å². The lowest BCUT2D eigenvalue weighted by Gasteiger charge is -2.11. The molecule has 0 saturated carbocycles. The van der Waals surface area contributed by atoms with Crippen LogP contribution in [0.25, 0.3) is 0 Å². The van der Waals surface area contributed by atoms with Gasteiger partial charge in [-0.15, -0.1) is 6.58 Å². The molecule has 0 radical (unpaired) electrons. The molecule has 0 amide bonds. The van der Waals surface area contributed by atoms with Gasteiger partial charge in [0, 0.05) is 6.61 Å². The van der Waals surface area contributed by atoms with Crippen molar-refractivity contribution >= 4 is 0 Å². The van der Waals surface area contributed by atoms with E-state index in [0.717, 1.165) is 19.6 Å². The van der Waals surface area contributed by atoms with Crippen molar-refractivity contribution in [3.63, 3.8) is 0 Å². The third-order valence-corrected chi connectivity index (χ3v) is 1.99. The van der Waals surface area contributed by atoms with Gasteiger partial charge in [-0.1, -0.05) is 24.3 Å². The molecule has 1 atom stereocenters. The molecule has 1 rings (SSSR count). The molecule has 12 heavy (non-hydrogen) atoms. The van der Waals surface area contributed by atoms with Crippen LogP contribution in [-0.4, -0.2) is 13.2 Å². The van der Waals surface area contributed by atoms with Gasteiger partial charge in [-0.2, -0.15) is 0 Å². The van der Waals surface area contributed by atoms with E-state index in [2.05, 4.69) is 24.8 Å². The van der Waals surface area contributed by atoms with Gasteiger partial charge in [0.1, 0.15) is 0 Å². The minimum atomic E-state index is 0.523. The van der Waals surface area contributed by atoms with E-state index in [0.29, 0.717) is 5.92 Å². The SMILES string of the molecule is C=C[C@@H]1C=CC(COCC)=CC1. The quantitative estimate of drug-likeness (QED) is 0.580. The summed E-state index contributed by atoms with van der Waals surface area (Å²) >= 11 is 0. The molecule has 0 saturated heterocycles. The molecule has 1 aliphatic rings. The summed E-state index contributed by atoms with van der Waals surface area (Å²) in [6.07, 6.45) is 9.59. The molecule has 0 unspecified atom stereocenters. The fraction of sp³-hybridized carbons (Fsp3) is 0.455. The van der Waals surface area contributed by atoms with Crippen LogP contribution < -0.4 is 0 Å². The average molecular weight is 164 g/mol. The lowest BCUT2D eigenvalue weighted by atomic mass is 9.97. The van der Waals surface area contributed by atoms with Crippen LogP contribution in [0.15, 0.2) is 36.5 Å². The first-order valence-corrected chi connectivity index (χ1v) is 4.44. The van der Waals surface area contributed by atoms with Crippen LogP contribution in [0, 0.1) is 5.92 Å². The van der Waals surface area contributed by atoms with Crippen molar-refractivity contribution < 1.29 is 4.74 Å². The second-order valence-corrected chi connectivity index (χ2v) is 2.91. The van der Waals surface area contributed by atoms with E-state index in [1.165, 1.54) is 5.57 Å². The molecular formula is C11H16O. The largest absolute Gasteiger partial charge is 0.377 e. The number of rotatable bonds is 4. The Kier molecular flexibility index (Phi) is 3.81. The Labute approximate surface area is 74.4 Å². The van der Waals surface area contributed by atoms with Crippen molar-refractivity contribution in [1.82, 2.24) is 0 Å². The molecule has 0 aromatic rings. The molecule has 1 nitrogen and oxygen atoms in total. The minimum Gasteiger partial charge on any atom is -0.377 e. The van der Waals surface area contributed by atoms with Gasteiger partial charge < -0.3 is 4.74 Å². The molecule has 0 spiro atoms. The zero-order valence-electron chi connectivity index (χ0n) is 7.62. The van der Waals surface area contributed by atoms with Crippen LogP contribution >= 0.6 is 0 Å². The minimum absolute atomic E-state index is 0.523. The Morgan fingerprint density at radius 2 is 2.58 bits per heavy atom. The normalized spacial score (nSPS) is 22.1. The Morgan fingerprint density at radius 1 is 1.75 bits per heavy atom. The first-order chi connectivity index (χ1) is 5.86. The van der Waals surface area contributed by atoms with E-state index in [9.17, 15) is 0 Å². The van der Waals surface area contributed by atoms with Gasteiger partial charge in [-0.25, -0.2) is 0 Å². The molecule has 0 fully saturated rings. The summed E-state index contributed by atoms with van der Waals surface area (Å²) in [5.74, 6) is 0.523. The zero-order chi connectivity index (χ0) is 8.81. The third kappa shape index (κ3) is 2.67. The monoisotopic (exact) mass is 164 g/mol. The fourth-order valence-electron chi connectivity index (χ4n) is 1.18. The highest BCUT2D eigenvalue weighted by Gasteiger charge is 2.03. The molecule has 1 heteroatoms. The van der Waals surface area contributed by atoms with Crippen LogP contribution in [0.2, 0.25) is 0 Å². The molecule has 0 N–H and O–H groups in total. The number of hydrogen-bond acceptors (Lipinski definition) is 1. The molecule has 0 aromatic carbocycles. The molecule has 0 aliphatic heterocycles. The van der Waals surface area contributed by atoms with Gasteiger partial charge in [0.05, 0.1) is 6.61 Å². The summed E-state index contributed by atoms with van der Waals surface area (Å²) in [4.78, 5) is 0. The van der Waals surface area contributed by atoms with Crippen LogP contribution in [0.3, 0.4) is 0 Å². The van der Waals surface area contributed by atoms with Crippen molar-refractivity contribution in [2.24, 2.45) is 5.92 Å². The predicted molar refractivity (Wildman–Crippen MR) is 52.0 cm³/mol. The van der Waals surface area contributed by atoms with Crippen LogP contribution in [-0.2, 0) is 4.74 Å². The molecule has 66 valence electrons. The highest BCUT2D eigenvalue weighted by atomic mass is 16.5. The Bertz CT molecular complexity index is 201. The lowest BCUT2D eigenvalue weighted by molar-refractivity contribution is 0.172. The molecule has 0 heterocycles. The maximum Gasteiger partial charge on any atom is 0.0713 e. The van der Waals surface area contributed by atoms with Gasteiger partial charge in [0.25, 0.3) is 0 Å². The van der Waals surface area contributed by atoms with Crippen LogP contribution in [0.4, 0.5) is 0 Å². The third-order valence-electron chi connectivity index (χ3n) is 1.99. The zero-order valence-corrected chi connectivity index (χ0v) is 7.62. The van der Waals surface area contributed by atoms with Crippen molar-refractivity contribution in [1.29, 1.82) is 0 Å². The number of hydrogen-bond donors (Lipinski definition) is 0. The highest BCUT2D eigenvalue weighted by Crippen LogP contribution is 2.16. The van der Waals surface area contributed by atoms with E-state index in [4.69, 9.17) is 4.74 Å². The number of ether oxygens (including phenoxy) is 1. The summed E-state index contributed by atoms with van der Waals surface area (Å²) in [6, 6.07) is 0. The summed E-state index contributed by atoms with van der Waals surface area (Å²) in [5.41, 5.74) is 1.29. The second-order valence-electron chi connectivity index (χ2n) is 2.91. The van der Waals surface area contributed by atoms with Gasteiger partial charge in [0.2, 0.25) is 0 Å². The van der Waals surface area contributed by atoms with E-state index < -0.39 is 0 Å². The summed E-state index contributed by atoms with van der Waals surface area (Å²) in [5, 5.41) is 0. The van der Waals surface area contributed by atoms with Crippen LogP contribution in [0.5, 0.6) is 0 Å². The van der Waals surface area contributed by atoms with E-state index >= 15 is 0 Å². The first-order valence-electron chi connectivity index (χ1n) is 4.44. The Balaban J connectivity index is 2.35. The van der Waals surface area contributed by atoms with E-state index in [-0.39, 0.29) is 0 Å². The Morgan fingerprint density at radius 3 is 3.08 bits per heavy atom. The highest BCUT2D eigenvalue weighted by molar-refractivity contribution is 5.25. The average Bonchev–Trinajstić information content (AvgIpc) is 2.15. The molecule has 1 aliphatic carbocycles.